The van der Waals surface area contributed by atoms with Crippen molar-refractivity contribution in [3.8, 4) is 0 Å². The summed E-state index contributed by atoms with van der Waals surface area (Å²) in [7, 11) is 0. The zero-order chi connectivity index (χ0) is 15.9. The predicted octanol–water partition coefficient (Wildman–Crippen LogP) is 4.03. The van der Waals surface area contributed by atoms with Crippen molar-refractivity contribution in [1.82, 2.24) is 14.9 Å². The molecule has 1 atom stereocenters. The summed E-state index contributed by atoms with van der Waals surface area (Å²) >= 11 is 0. The number of piperidine rings is 1. The van der Waals surface area contributed by atoms with Crippen LogP contribution in [0, 0.1) is 0 Å². The van der Waals surface area contributed by atoms with Crippen molar-refractivity contribution in [3.05, 3.63) is 18.0 Å². The van der Waals surface area contributed by atoms with Crippen LogP contribution in [-0.4, -0.2) is 40.0 Å². The van der Waals surface area contributed by atoms with Crippen LogP contribution >= 0.6 is 0 Å². The van der Waals surface area contributed by atoms with Crippen LogP contribution in [0.15, 0.2) is 12.4 Å². The van der Waals surface area contributed by atoms with E-state index in [0.29, 0.717) is 0 Å². The second kappa shape index (κ2) is 8.62. The maximum absolute atomic E-state index is 4.44. The van der Waals surface area contributed by atoms with Gasteiger partial charge in [0.25, 0.3) is 0 Å². The number of likely N-dealkylation sites (tertiary alicyclic amines) is 1. The summed E-state index contributed by atoms with van der Waals surface area (Å²) in [5, 5.41) is 3.42. The van der Waals surface area contributed by atoms with E-state index in [-0.39, 0.29) is 0 Å². The summed E-state index contributed by atoms with van der Waals surface area (Å²) in [6.45, 7) is 4.49. The minimum Gasteiger partial charge on any atom is -0.354 e. The van der Waals surface area contributed by atoms with Gasteiger partial charge in [0, 0.05) is 31.0 Å². The highest BCUT2D eigenvalue weighted by atomic mass is 15.2. The lowest BCUT2D eigenvalue weighted by molar-refractivity contribution is 0.0933. The van der Waals surface area contributed by atoms with Crippen molar-refractivity contribution in [3.63, 3.8) is 0 Å². The highest BCUT2D eigenvalue weighted by molar-refractivity contribution is 5.24. The summed E-state index contributed by atoms with van der Waals surface area (Å²) in [4.78, 5) is 11.7. The molecule has 0 bridgehead atoms. The van der Waals surface area contributed by atoms with E-state index < -0.39 is 0 Å². The molecule has 1 aliphatic carbocycles. The highest BCUT2D eigenvalue weighted by Crippen LogP contribution is 2.30. The van der Waals surface area contributed by atoms with Gasteiger partial charge in [-0.1, -0.05) is 32.6 Å². The quantitative estimate of drug-likeness (QED) is 0.824. The molecule has 1 saturated carbocycles. The Balaban J connectivity index is 1.46. The van der Waals surface area contributed by atoms with Gasteiger partial charge in [-0.2, -0.15) is 0 Å². The Hall–Kier alpha value is -1.16. The van der Waals surface area contributed by atoms with Crippen molar-refractivity contribution < 1.29 is 0 Å². The van der Waals surface area contributed by atoms with Crippen LogP contribution in [0.1, 0.15) is 70.3 Å². The smallest absolute Gasteiger partial charge is 0.222 e. The number of hydrogen-bond donors (Lipinski definition) is 1. The van der Waals surface area contributed by atoms with Crippen LogP contribution in [0.4, 0.5) is 5.95 Å². The molecule has 23 heavy (non-hydrogen) atoms. The third-order valence-electron chi connectivity index (χ3n) is 5.47. The Morgan fingerprint density at radius 1 is 1.09 bits per heavy atom. The van der Waals surface area contributed by atoms with Gasteiger partial charge >= 0.3 is 0 Å². The van der Waals surface area contributed by atoms with E-state index in [9.17, 15) is 0 Å². The van der Waals surface area contributed by atoms with Crippen molar-refractivity contribution >= 4 is 5.95 Å². The fourth-order valence-corrected chi connectivity index (χ4v) is 4.26. The first-order chi connectivity index (χ1) is 11.4. The molecule has 0 aromatic carbocycles. The Morgan fingerprint density at radius 3 is 2.57 bits per heavy atom. The Labute approximate surface area is 141 Å². The molecule has 4 heteroatoms. The third-order valence-corrected chi connectivity index (χ3v) is 5.47. The van der Waals surface area contributed by atoms with Crippen LogP contribution in [0.5, 0.6) is 0 Å². The molecule has 1 N–H and O–H groups in total. The Kier molecular flexibility index (Phi) is 6.26. The standard InChI is InChI=1S/C19H32N4/c1-2-7-16-14-21-19(22-15-16)20-12-11-18-10-5-6-13-23(18)17-8-3-4-9-17/h14-15,17-18H,2-13H2,1H3,(H,20,21,22)/t18-/m0/s1. The SMILES string of the molecule is CCCc1cnc(NCC[C@@H]2CCCCN2C2CCCC2)nc1. The monoisotopic (exact) mass is 316 g/mol. The van der Waals surface area contributed by atoms with E-state index >= 15 is 0 Å². The predicted molar refractivity (Wildman–Crippen MR) is 95.7 cm³/mol. The fraction of sp³-hybridized carbons (Fsp3) is 0.789. The van der Waals surface area contributed by atoms with E-state index in [0.717, 1.165) is 37.4 Å². The maximum atomic E-state index is 4.44. The molecule has 128 valence electrons. The number of aryl methyl sites for hydroxylation is 1. The average Bonchev–Trinajstić information content (AvgIpc) is 3.12. The van der Waals surface area contributed by atoms with E-state index in [1.165, 1.54) is 63.5 Å². The molecule has 1 saturated heterocycles. The second-order valence-corrected chi connectivity index (χ2v) is 7.21. The molecule has 0 spiro atoms. The number of rotatable bonds is 7. The molecule has 4 nitrogen and oxygen atoms in total. The normalized spacial score (nSPS) is 23.3. The van der Waals surface area contributed by atoms with Gasteiger partial charge in [0.2, 0.25) is 5.95 Å². The Morgan fingerprint density at radius 2 is 1.83 bits per heavy atom. The number of hydrogen-bond acceptors (Lipinski definition) is 4. The van der Waals surface area contributed by atoms with Gasteiger partial charge < -0.3 is 5.32 Å². The van der Waals surface area contributed by atoms with Gasteiger partial charge in [-0.3, -0.25) is 4.90 Å². The van der Waals surface area contributed by atoms with Crippen LogP contribution in [0.3, 0.4) is 0 Å². The second-order valence-electron chi connectivity index (χ2n) is 7.21. The van der Waals surface area contributed by atoms with Crippen molar-refractivity contribution in [2.24, 2.45) is 0 Å². The molecule has 3 rings (SSSR count). The lowest BCUT2D eigenvalue weighted by Crippen LogP contribution is -2.45. The van der Waals surface area contributed by atoms with E-state index in [2.05, 4.69) is 27.1 Å². The summed E-state index contributed by atoms with van der Waals surface area (Å²) in [6, 6.07) is 1.63. The minimum absolute atomic E-state index is 0.763. The average molecular weight is 316 g/mol. The van der Waals surface area contributed by atoms with Crippen LogP contribution < -0.4 is 5.32 Å². The summed E-state index contributed by atoms with van der Waals surface area (Å²) in [5.41, 5.74) is 1.23. The van der Waals surface area contributed by atoms with Crippen LogP contribution in [-0.2, 0) is 6.42 Å². The summed E-state index contributed by atoms with van der Waals surface area (Å²) in [6.07, 6.45) is 17.2. The van der Waals surface area contributed by atoms with Gasteiger partial charge in [-0.25, -0.2) is 9.97 Å². The lowest BCUT2D eigenvalue weighted by atomic mass is 9.96. The molecule has 0 unspecified atom stereocenters. The van der Waals surface area contributed by atoms with Gasteiger partial charge in [-0.05, 0) is 50.6 Å². The maximum Gasteiger partial charge on any atom is 0.222 e. The number of nitrogens with one attached hydrogen (secondary N) is 1. The first-order valence-corrected chi connectivity index (χ1v) is 9.67. The topological polar surface area (TPSA) is 41.1 Å². The fourth-order valence-electron chi connectivity index (χ4n) is 4.26. The molecule has 0 radical (unpaired) electrons. The van der Waals surface area contributed by atoms with E-state index in [4.69, 9.17) is 0 Å². The third kappa shape index (κ3) is 4.66. The van der Waals surface area contributed by atoms with Gasteiger partial charge in [0.15, 0.2) is 0 Å². The number of aromatic nitrogens is 2. The molecule has 2 aliphatic rings. The highest BCUT2D eigenvalue weighted by Gasteiger charge is 2.30. The first-order valence-electron chi connectivity index (χ1n) is 9.67. The molecule has 2 heterocycles. The summed E-state index contributed by atoms with van der Waals surface area (Å²) < 4.78 is 0. The van der Waals surface area contributed by atoms with E-state index in [1.54, 1.807) is 0 Å². The molecule has 1 aromatic heterocycles. The Bertz CT molecular complexity index is 453. The van der Waals surface area contributed by atoms with Gasteiger partial charge in [0.05, 0.1) is 0 Å². The molecular weight excluding hydrogens is 284 g/mol. The largest absolute Gasteiger partial charge is 0.354 e. The van der Waals surface area contributed by atoms with Crippen molar-refractivity contribution in [1.29, 1.82) is 0 Å². The number of nitrogens with zero attached hydrogens (tertiary/aromatic N) is 3. The van der Waals surface area contributed by atoms with Crippen molar-refractivity contribution in [2.75, 3.05) is 18.4 Å². The molecule has 1 aromatic rings. The molecular formula is C19H32N4. The van der Waals surface area contributed by atoms with Gasteiger partial charge in [-0.15, -0.1) is 0 Å². The molecule has 0 amide bonds. The summed E-state index contributed by atoms with van der Waals surface area (Å²) in [5.74, 6) is 0.785. The zero-order valence-corrected chi connectivity index (χ0v) is 14.6. The zero-order valence-electron chi connectivity index (χ0n) is 14.6. The first kappa shape index (κ1) is 16.7. The van der Waals surface area contributed by atoms with E-state index in [1.807, 2.05) is 12.4 Å². The molecule has 1 aliphatic heterocycles. The molecule has 2 fully saturated rings. The minimum atomic E-state index is 0.763. The number of anilines is 1. The van der Waals surface area contributed by atoms with Crippen LogP contribution in [0.2, 0.25) is 0 Å². The van der Waals surface area contributed by atoms with Gasteiger partial charge in [0.1, 0.15) is 0 Å². The van der Waals surface area contributed by atoms with Crippen LogP contribution in [0.25, 0.3) is 0 Å². The van der Waals surface area contributed by atoms with Crippen molar-refractivity contribution in [2.45, 2.75) is 83.2 Å². The lowest BCUT2D eigenvalue weighted by Gasteiger charge is -2.40.